The number of alkyl carbamates (subject to hydrolysis) is 1. The Bertz CT molecular complexity index is 1180. The molecule has 1 aromatic heterocycles. The van der Waals surface area contributed by atoms with Crippen molar-refractivity contribution in [2.45, 2.75) is 44.8 Å². The highest BCUT2D eigenvalue weighted by atomic mass is 19.1. The van der Waals surface area contributed by atoms with Gasteiger partial charge in [0, 0.05) is 5.41 Å². The number of hydrogen-bond acceptors (Lipinski definition) is 4. The molecule has 0 saturated heterocycles. The van der Waals surface area contributed by atoms with E-state index >= 15 is 0 Å². The van der Waals surface area contributed by atoms with Crippen LogP contribution in [0.4, 0.5) is 13.6 Å². The van der Waals surface area contributed by atoms with E-state index in [2.05, 4.69) is 29.4 Å². The van der Waals surface area contributed by atoms with E-state index in [0.717, 1.165) is 17.5 Å². The van der Waals surface area contributed by atoms with Gasteiger partial charge in [0.1, 0.15) is 18.2 Å². The topological polar surface area (TPSA) is 64.1 Å². The van der Waals surface area contributed by atoms with E-state index in [1.807, 2.05) is 30.3 Å². The van der Waals surface area contributed by atoms with Gasteiger partial charge in [0.15, 0.2) is 0 Å². The minimum atomic E-state index is -0.750. The molecule has 2 bridgehead atoms. The number of fused-ring (bicyclic) bond motifs is 5. The van der Waals surface area contributed by atoms with Crippen LogP contribution in [0.3, 0.4) is 0 Å². The van der Waals surface area contributed by atoms with Gasteiger partial charge in [0.25, 0.3) is 0 Å². The third-order valence-corrected chi connectivity index (χ3v) is 7.13. The van der Waals surface area contributed by atoms with E-state index in [-0.39, 0.29) is 29.2 Å². The second kappa shape index (κ2) is 7.36. The SMILES string of the molecule is CC1(C)[C@H]2CC[C@@]1(NC(=O)OCc1ccccc1)c1nnc(-c3c(F)cccc3F)cc12. The van der Waals surface area contributed by atoms with Gasteiger partial charge >= 0.3 is 6.09 Å². The zero-order valence-corrected chi connectivity index (χ0v) is 17.9. The molecule has 1 heterocycles. The molecule has 1 fully saturated rings. The number of rotatable bonds is 4. The smallest absolute Gasteiger partial charge is 0.408 e. The Morgan fingerprint density at radius 2 is 1.81 bits per heavy atom. The summed E-state index contributed by atoms with van der Waals surface area (Å²) in [7, 11) is 0. The molecule has 0 aliphatic heterocycles. The van der Waals surface area contributed by atoms with Crippen molar-refractivity contribution in [3.05, 3.63) is 83.1 Å². The third kappa shape index (κ3) is 2.98. The molecular weight excluding hydrogens is 412 g/mol. The van der Waals surface area contributed by atoms with E-state index in [4.69, 9.17) is 4.74 Å². The lowest BCUT2D eigenvalue weighted by Crippen LogP contribution is -2.51. The fraction of sp³-hybridized carbons (Fsp3) is 0.320. The molecule has 2 atom stereocenters. The van der Waals surface area contributed by atoms with Crippen LogP contribution in [0, 0.1) is 17.0 Å². The second-order valence-corrected chi connectivity index (χ2v) is 9.04. The Kier molecular flexibility index (Phi) is 4.73. The van der Waals surface area contributed by atoms with Gasteiger partial charge < -0.3 is 10.1 Å². The van der Waals surface area contributed by atoms with Crippen molar-refractivity contribution >= 4 is 6.09 Å². The van der Waals surface area contributed by atoms with Gasteiger partial charge in [0.2, 0.25) is 0 Å². The van der Waals surface area contributed by atoms with Crippen LogP contribution in [0.25, 0.3) is 11.3 Å². The molecule has 0 spiro atoms. The van der Waals surface area contributed by atoms with Crippen molar-refractivity contribution in [2.75, 3.05) is 0 Å². The third-order valence-electron chi connectivity index (χ3n) is 7.13. The molecule has 7 heteroatoms. The summed E-state index contributed by atoms with van der Waals surface area (Å²) in [6.07, 6.45) is 0.991. The van der Waals surface area contributed by atoms with E-state index in [0.29, 0.717) is 12.1 Å². The molecule has 164 valence electrons. The summed E-state index contributed by atoms with van der Waals surface area (Å²) < 4.78 is 34.1. The van der Waals surface area contributed by atoms with Crippen LogP contribution < -0.4 is 5.32 Å². The Labute approximate surface area is 184 Å². The number of aromatic nitrogens is 2. The van der Waals surface area contributed by atoms with Crippen molar-refractivity contribution in [2.24, 2.45) is 5.41 Å². The molecule has 5 nitrogen and oxygen atoms in total. The summed E-state index contributed by atoms with van der Waals surface area (Å²) in [4.78, 5) is 12.7. The van der Waals surface area contributed by atoms with Crippen molar-refractivity contribution in [3.8, 4) is 11.3 Å². The molecule has 2 aliphatic rings. The normalized spacial score (nSPS) is 22.4. The first-order valence-electron chi connectivity index (χ1n) is 10.6. The maximum Gasteiger partial charge on any atom is 0.408 e. The van der Waals surface area contributed by atoms with Crippen LogP contribution >= 0.6 is 0 Å². The van der Waals surface area contributed by atoms with Crippen LogP contribution in [0.15, 0.2) is 54.6 Å². The number of hydrogen-bond donors (Lipinski definition) is 1. The predicted octanol–water partition coefficient (Wildman–Crippen LogP) is 5.46. The largest absolute Gasteiger partial charge is 0.445 e. The van der Waals surface area contributed by atoms with Crippen molar-refractivity contribution in [1.82, 2.24) is 15.5 Å². The summed E-state index contributed by atoms with van der Waals surface area (Å²) in [5, 5.41) is 11.6. The number of carbonyl (C=O) groups excluding carboxylic acids is 1. The highest BCUT2D eigenvalue weighted by Gasteiger charge is 2.64. The quantitative estimate of drug-likeness (QED) is 0.591. The second-order valence-electron chi connectivity index (χ2n) is 9.04. The number of nitrogens with zero attached hydrogens (tertiary/aromatic N) is 2. The number of benzene rings is 2. The molecule has 1 saturated carbocycles. The molecular formula is C25H23F2N3O2. The first-order valence-corrected chi connectivity index (χ1v) is 10.6. The Morgan fingerprint density at radius 3 is 2.53 bits per heavy atom. The zero-order chi connectivity index (χ0) is 22.5. The average molecular weight is 435 g/mol. The van der Waals surface area contributed by atoms with E-state index in [1.54, 1.807) is 6.07 Å². The summed E-state index contributed by atoms with van der Waals surface area (Å²) in [6.45, 7) is 4.32. The van der Waals surface area contributed by atoms with Gasteiger partial charge in [-0.2, -0.15) is 5.10 Å². The number of nitrogens with one attached hydrogen (secondary N) is 1. The molecule has 1 amide bonds. The van der Waals surface area contributed by atoms with Crippen LogP contribution in [0.2, 0.25) is 0 Å². The van der Waals surface area contributed by atoms with Gasteiger partial charge in [-0.05, 0) is 48.1 Å². The zero-order valence-electron chi connectivity index (χ0n) is 17.9. The van der Waals surface area contributed by atoms with Crippen LogP contribution in [0.5, 0.6) is 0 Å². The van der Waals surface area contributed by atoms with Gasteiger partial charge in [-0.15, -0.1) is 5.10 Å². The summed E-state index contributed by atoms with van der Waals surface area (Å²) >= 11 is 0. The van der Waals surface area contributed by atoms with E-state index in [9.17, 15) is 13.6 Å². The predicted molar refractivity (Wildman–Crippen MR) is 115 cm³/mol. The highest BCUT2D eigenvalue weighted by molar-refractivity contribution is 5.71. The number of ether oxygens (including phenoxy) is 1. The van der Waals surface area contributed by atoms with Crippen LogP contribution in [-0.2, 0) is 16.9 Å². The molecule has 32 heavy (non-hydrogen) atoms. The molecule has 1 N–H and O–H groups in total. The highest BCUT2D eigenvalue weighted by Crippen LogP contribution is 2.66. The van der Waals surface area contributed by atoms with Crippen molar-refractivity contribution in [1.29, 1.82) is 0 Å². The fourth-order valence-corrected chi connectivity index (χ4v) is 5.39. The van der Waals surface area contributed by atoms with Crippen molar-refractivity contribution < 1.29 is 18.3 Å². The maximum atomic E-state index is 14.3. The van der Waals surface area contributed by atoms with Crippen LogP contribution in [-0.4, -0.2) is 16.3 Å². The van der Waals surface area contributed by atoms with Gasteiger partial charge in [-0.1, -0.05) is 50.2 Å². The lowest BCUT2D eigenvalue weighted by atomic mass is 9.75. The van der Waals surface area contributed by atoms with Gasteiger partial charge in [0.05, 0.1) is 22.5 Å². The molecule has 0 radical (unpaired) electrons. The summed E-state index contributed by atoms with van der Waals surface area (Å²) in [5.41, 5.74) is 1.28. The summed E-state index contributed by atoms with van der Waals surface area (Å²) in [6, 6.07) is 14.9. The molecule has 5 rings (SSSR count). The lowest BCUT2D eigenvalue weighted by molar-refractivity contribution is 0.100. The average Bonchev–Trinajstić information content (AvgIpc) is 3.12. The van der Waals surface area contributed by atoms with Crippen LogP contribution in [0.1, 0.15) is 49.4 Å². The Morgan fingerprint density at radius 1 is 1.09 bits per heavy atom. The number of halogens is 2. The Hall–Kier alpha value is -3.35. The Balaban J connectivity index is 1.46. The first kappa shape index (κ1) is 20.5. The minimum absolute atomic E-state index is 0.0796. The number of amides is 1. The minimum Gasteiger partial charge on any atom is -0.445 e. The molecule has 3 aromatic rings. The monoisotopic (exact) mass is 435 g/mol. The van der Waals surface area contributed by atoms with Crippen molar-refractivity contribution in [3.63, 3.8) is 0 Å². The van der Waals surface area contributed by atoms with E-state index in [1.165, 1.54) is 18.2 Å². The molecule has 2 aliphatic carbocycles. The van der Waals surface area contributed by atoms with E-state index < -0.39 is 23.3 Å². The van der Waals surface area contributed by atoms with Gasteiger partial charge in [-0.25, -0.2) is 13.6 Å². The maximum absolute atomic E-state index is 14.3. The lowest BCUT2D eigenvalue weighted by Gasteiger charge is -2.38. The standard InChI is InChI=1S/C25H23F2N3O2/c1-24(2)17-11-12-25(24,28-23(31)32-14-15-7-4-3-5-8-15)22-16(17)13-20(29-30-22)21-18(26)9-6-10-19(21)27/h3-10,13,17H,11-12,14H2,1-2H3,(H,28,31)/t17-,25+/m0/s1. The summed E-state index contributed by atoms with van der Waals surface area (Å²) in [5.74, 6) is -1.28. The molecule has 2 aromatic carbocycles. The number of carbonyl (C=O) groups is 1. The fourth-order valence-electron chi connectivity index (χ4n) is 5.39. The first-order chi connectivity index (χ1) is 15.3. The molecule has 0 unspecified atom stereocenters. The van der Waals surface area contributed by atoms with Gasteiger partial charge in [-0.3, -0.25) is 0 Å².